The van der Waals surface area contributed by atoms with Crippen molar-refractivity contribution in [2.24, 2.45) is 0 Å². The molecule has 0 aliphatic carbocycles. The maximum absolute atomic E-state index is 12.3. The minimum Gasteiger partial charge on any atom is -0.493 e. The second-order valence-electron chi connectivity index (χ2n) is 6.89. The van der Waals surface area contributed by atoms with Crippen LogP contribution in [0.25, 0.3) is 0 Å². The van der Waals surface area contributed by atoms with E-state index in [1.165, 1.54) is 0 Å². The summed E-state index contributed by atoms with van der Waals surface area (Å²) in [6.45, 7) is 2.31. The zero-order valence-corrected chi connectivity index (χ0v) is 22.5. The molecule has 0 aliphatic rings. The monoisotopic (exact) mass is 648 g/mol. The lowest BCUT2D eigenvalue weighted by Crippen LogP contribution is -2.20. The molecule has 0 atom stereocenters. The lowest BCUT2D eigenvalue weighted by Gasteiger charge is -2.15. The standard InChI is InChI=1S/C23H20BrCl2IN2O3/c1-13-3-4-16(10-18(13)25)29-22(30)12-32-23-20(27)7-14(8-21(23)31-2)11-28-15-5-6-17(24)19(26)9-15/h3-10,28H,11-12H2,1-2H3,(H,29,30). The van der Waals surface area contributed by atoms with E-state index in [-0.39, 0.29) is 12.5 Å². The topological polar surface area (TPSA) is 59.6 Å². The van der Waals surface area contributed by atoms with E-state index in [1.807, 2.05) is 43.3 Å². The molecule has 0 unspecified atom stereocenters. The van der Waals surface area contributed by atoms with Gasteiger partial charge >= 0.3 is 0 Å². The van der Waals surface area contributed by atoms with Gasteiger partial charge in [0.2, 0.25) is 0 Å². The van der Waals surface area contributed by atoms with Crippen LogP contribution in [0, 0.1) is 10.5 Å². The van der Waals surface area contributed by atoms with E-state index in [4.69, 9.17) is 32.7 Å². The van der Waals surface area contributed by atoms with Gasteiger partial charge in [0.1, 0.15) is 0 Å². The SMILES string of the molecule is COc1cc(CNc2ccc(Br)c(Cl)c2)cc(I)c1OCC(=O)Nc1ccc(C)c(Cl)c1. The van der Waals surface area contributed by atoms with Crippen LogP contribution >= 0.6 is 61.7 Å². The maximum atomic E-state index is 12.3. The number of anilines is 2. The van der Waals surface area contributed by atoms with Crippen LogP contribution in [-0.4, -0.2) is 19.6 Å². The van der Waals surface area contributed by atoms with Gasteiger partial charge in [-0.3, -0.25) is 4.79 Å². The van der Waals surface area contributed by atoms with Gasteiger partial charge in [0, 0.05) is 27.4 Å². The molecule has 0 heterocycles. The molecule has 2 N–H and O–H groups in total. The van der Waals surface area contributed by atoms with Crippen molar-refractivity contribution < 1.29 is 14.3 Å². The molecular weight excluding hydrogens is 630 g/mol. The number of ether oxygens (including phenoxy) is 2. The molecule has 9 heteroatoms. The van der Waals surface area contributed by atoms with Gasteiger partial charge in [-0.25, -0.2) is 0 Å². The van der Waals surface area contributed by atoms with E-state index in [0.29, 0.717) is 33.8 Å². The molecule has 1 amide bonds. The lowest BCUT2D eigenvalue weighted by molar-refractivity contribution is -0.118. The predicted molar refractivity (Wildman–Crippen MR) is 143 cm³/mol. The largest absolute Gasteiger partial charge is 0.493 e. The Morgan fingerprint density at radius 1 is 1.06 bits per heavy atom. The Morgan fingerprint density at radius 2 is 1.78 bits per heavy atom. The predicted octanol–water partition coefficient (Wildman–Crippen LogP) is 7.31. The minimum absolute atomic E-state index is 0.160. The van der Waals surface area contributed by atoms with E-state index >= 15 is 0 Å². The summed E-state index contributed by atoms with van der Waals surface area (Å²) in [7, 11) is 1.57. The van der Waals surface area contributed by atoms with Crippen molar-refractivity contribution >= 4 is 79.0 Å². The van der Waals surface area contributed by atoms with Crippen molar-refractivity contribution in [3.63, 3.8) is 0 Å². The van der Waals surface area contributed by atoms with Crippen molar-refractivity contribution in [2.75, 3.05) is 24.4 Å². The Bertz CT molecular complexity index is 1140. The summed E-state index contributed by atoms with van der Waals surface area (Å²) in [5, 5.41) is 7.34. The van der Waals surface area contributed by atoms with E-state index in [0.717, 1.165) is 24.9 Å². The van der Waals surface area contributed by atoms with Crippen LogP contribution in [0.2, 0.25) is 10.0 Å². The van der Waals surface area contributed by atoms with Gasteiger partial charge in [0.05, 0.1) is 15.7 Å². The summed E-state index contributed by atoms with van der Waals surface area (Å²) in [5.74, 6) is 0.773. The third-order valence-corrected chi connectivity index (χ3v) is 6.95. The highest BCUT2D eigenvalue weighted by molar-refractivity contribution is 14.1. The molecule has 0 aliphatic heterocycles. The quantitative estimate of drug-likeness (QED) is 0.251. The molecule has 3 aromatic carbocycles. The van der Waals surface area contributed by atoms with Gasteiger partial charge in [-0.1, -0.05) is 29.3 Å². The summed E-state index contributed by atoms with van der Waals surface area (Å²) in [6.07, 6.45) is 0. The summed E-state index contributed by atoms with van der Waals surface area (Å²) in [4.78, 5) is 12.3. The van der Waals surface area contributed by atoms with Crippen LogP contribution in [0.1, 0.15) is 11.1 Å². The highest BCUT2D eigenvalue weighted by Crippen LogP contribution is 2.34. The molecule has 32 heavy (non-hydrogen) atoms. The number of hydrogen-bond donors (Lipinski definition) is 2. The molecule has 0 radical (unpaired) electrons. The highest BCUT2D eigenvalue weighted by atomic mass is 127. The van der Waals surface area contributed by atoms with Crippen LogP contribution in [-0.2, 0) is 11.3 Å². The number of halogens is 4. The highest BCUT2D eigenvalue weighted by Gasteiger charge is 2.14. The summed E-state index contributed by atoms with van der Waals surface area (Å²) < 4.78 is 12.9. The zero-order chi connectivity index (χ0) is 23.3. The van der Waals surface area contributed by atoms with Crippen molar-refractivity contribution in [2.45, 2.75) is 13.5 Å². The Kier molecular flexibility index (Phi) is 8.93. The first-order chi connectivity index (χ1) is 15.3. The number of carbonyl (C=O) groups is 1. The third-order valence-electron chi connectivity index (χ3n) is 4.51. The fourth-order valence-electron chi connectivity index (χ4n) is 2.83. The number of hydrogen-bond acceptors (Lipinski definition) is 4. The number of benzene rings is 3. The van der Waals surface area contributed by atoms with Crippen LogP contribution in [0.4, 0.5) is 11.4 Å². The molecule has 3 rings (SSSR count). The van der Waals surface area contributed by atoms with Crippen molar-refractivity contribution in [1.82, 2.24) is 0 Å². The number of carbonyl (C=O) groups excluding carboxylic acids is 1. The average Bonchev–Trinajstić information content (AvgIpc) is 2.76. The van der Waals surface area contributed by atoms with Crippen LogP contribution in [0.5, 0.6) is 11.5 Å². The Labute approximate surface area is 219 Å². The number of amides is 1. The fourth-order valence-corrected chi connectivity index (χ4v) is 4.26. The molecule has 0 saturated carbocycles. The van der Waals surface area contributed by atoms with Crippen molar-refractivity contribution in [1.29, 1.82) is 0 Å². The third kappa shape index (κ3) is 6.66. The van der Waals surface area contributed by atoms with Gasteiger partial charge in [-0.2, -0.15) is 0 Å². The first-order valence-electron chi connectivity index (χ1n) is 9.51. The smallest absolute Gasteiger partial charge is 0.262 e. The molecule has 0 spiro atoms. The molecule has 168 valence electrons. The summed E-state index contributed by atoms with van der Waals surface area (Å²) >= 11 is 17.8. The van der Waals surface area contributed by atoms with E-state index < -0.39 is 0 Å². The van der Waals surface area contributed by atoms with E-state index in [2.05, 4.69) is 49.2 Å². The maximum Gasteiger partial charge on any atom is 0.262 e. The van der Waals surface area contributed by atoms with E-state index in [1.54, 1.807) is 19.2 Å². The van der Waals surface area contributed by atoms with Gasteiger partial charge in [0.15, 0.2) is 18.1 Å². The summed E-state index contributed by atoms with van der Waals surface area (Å²) in [6, 6.07) is 14.9. The van der Waals surface area contributed by atoms with Crippen LogP contribution in [0.15, 0.2) is 53.0 Å². The van der Waals surface area contributed by atoms with E-state index in [9.17, 15) is 4.79 Å². The average molecular weight is 650 g/mol. The van der Waals surface area contributed by atoms with Gasteiger partial charge in [-0.15, -0.1) is 0 Å². The molecule has 3 aromatic rings. The minimum atomic E-state index is -0.291. The lowest BCUT2D eigenvalue weighted by atomic mass is 10.2. The van der Waals surface area contributed by atoms with Gasteiger partial charge in [-0.05, 0) is 99.0 Å². The number of rotatable bonds is 8. The number of methoxy groups -OCH3 is 1. The number of nitrogens with one attached hydrogen (secondary N) is 2. The van der Waals surface area contributed by atoms with Crippen molar-refractivity contribution in [3.8, 4) is 11.5 Å². The molecule has 0 aromatic heterocycles. The second kappa shape index (κ2) is 11.4. The fraction of sp³-hybridized carbons (Fsp3) is 0.174. The Hall–Kier alpha value is -1.68. The molecule has 0 bridgehead atoms. The second-order valence-corrected chi connectivity index (χ2v) is 9.72. The van der Waals surface area contributed by atoms with Crippen LogP contribution in [0.3, 0.4) is 0 Å². The Morgan fingerprint density at radius 3 is 2.47 bits per heavy atom. The first-order valence-corrected chi connectivity index (χ1v) is 12.1. The van der Waals surface area contributed by atoms with Gasteiger partial charge in [0.25, 0.3) is 5.91 Å². The molecule has 0 saturated heterocycles. The molecule has 0 fully saturated rings. The van der Waals surface area contributed by atoms with Gasteiger partial charge < -0.3 is 20.1 Å². The molecule has 5 nitrogen and oxygen atoms in total. The normalized spacial score (nSPS) is 10.6. The number of aryl methyl sites for hydroxylation is 1. The van der Waals surface area contributed by atoms with Crippen LogP contribution < -0.4 is 20.1 Å². The first kappa shape index (κ1) is 25.0. The summed E-state index contributed by atoms with van der Waals surface area (Å²) in [5.41, 5.74) is 3.46. The molecular formula is C23H20BrCl2IN2O3. The zero-order valence-electron chi connectivity index (χ0n) is 17.3. The van der Waals surface area contributed by atoms with Crippen molar-refractivity contribution in [3.05, 3.63) is 77.7 Å². The Balaban J connectivity index is 1.64.